The molecule has 0 saturated carbocycles. The van der Waals surface area contributed by atoms with Crippen molar-refractivity contribution in [3.05, 3.63) is 88.2 Å². The third-order valence-electron chi connectivity index (χ3n) is 3.65. The van der Waals surface area contributed by atoms with Crippen LogP contribution in [0.1, 0.15) is 21.6 Å². The fraction of sp³-hybridized carbons (Fsp3) is 0.100. The number of amides is 1. The Labute approximate surface area is 155 Å². The molecule has 1 heterocycles. The second kappa shape index (κ2) is 7.94. The summed E-state index contributed by atoms with van der Waals surface area (Å²) in [5.74, 6) is -0.239. The first-order valence-corrected chi connectivity index (χ1v) is 8.72. The van der Waals surface area contributed by atoms with Crippen molar-refractivity contribution in [3.8, 4) is 0 Å². The van der Waals surface area contributed by atoms with Crippen molar-refractivity contribution in [1.29, 1.82) is 0 Å². The SMILES string of the molecule is Cc1cccc(CNc2ccnc(C(=O)Nc3cccc(Br)c3)c2)c1. The molecule has 3 rings (SSSR count). The fourth-order valence-electron chi connectivity index (χ4n) is 2.45. The molecule has 0 fully saturated rings. The van der Waals surface area contributed by atoms with E-state index >= 15 is 0 Å². The summed E-state index contributed by atoms with van der Waals surface area (Å²) in [6.07, 6.45) is 1.63. The Balaban J connectivity index is 1.67. The van der Waals surface area contributed by atoms with Gasteiger partial charge in [-0.05, 0) is 42.8 Å². The molecule has 0 aliphatic heterocycles. The Morgan fingerprint density at radius 1 is 1.04 bits per heavy atom. The standard InChI is InChI=1S/C20H18BrN3O/c1-14-4-2-5-15(10-14)13-23-17-8-9-22-19(12-17)20(25)24-18-7-3-6-16(21)11-18/h2-12H,13H2,1H3,(H,22,23)(H,24,25). The van der Waals surface area contributed by atoms with Gasteiger partial charge in [0.05, 0.1) is 0 Å². The normalized spacial score (nSPS) is 10.3. The first-order chi connectivity index (χ1) is 12.1. The maximum absolute atomic E-state index is 12.4. The van der Waals surface area contributed by atoms with Crippen molar-refractivity contribution < 1.29 is 4.79 Å². The van der Waals surface area contributed by atoms with E-state index in [1.165, 1.54) is 11.1 Å². The molecule has 0 saturated heterocycles. The first-order valence-electron chi connectivity index (χ1n) is 7.92. The van der Waals surface area contributed by atoms with E-state index in [1.54, 1.807) is 12.3 Å². The lowest BCUT2D eigenvalue weighted by molar-refractivity contribution is 0.102. The molecule has 126 valence electrons. The topological polar surface area (TPSA) is 54.0 Å². The van der Waals surface area contributed by atoms with Crippen LogP contribution in [0.3, 0.4) is 0 Å². The van der Waals surface area contributed by atoms with Crippen molar-refractivity contribution in [2.24, 2.45) is 0 Å². The van der Waals surface area contributed by atoms with Crippen molar-refractivity contribution in [2.75, 3.05) is 10.6 Å². The number of hydrogen-bond acceptors (Lipinski definition) is 3. The van der Waals surface area contributed by atoms with E-state index in [2.05, 4.69) is 56.7 Å². The largest absolute Gasteiger partial charge is 0.381 e. The van der Waals surface area contributed by atoms with Crippen LogP contribution >= 0.6 is 15.9 Å². The molecule has 0 atom stereocenters. The third kappa shape index (κ3) is 4.90. The number of nitrogens with one attached hydrogen (secondary N) is 2. The molecule has 0 aliphatic carbocycles. The smallest absolute Gasteiger partial charge is 0.274 e. The Morgan fingerprint density at radius 2 is 1.88 bits per heavy atom. The highest BCUT2D eigenvalue weighted by Crippen LogP contribution is 2.17. The van der Waals surface area contributed by atoms with E-state index in [9.17, 15) is 4.79 Å². The van der Waals surface area contributed by atoms with E-state index < -0.39 is 0 Å². The Bertz CT molecular complexity index is 895. The summed E-state index contributed by atoms with van der Waals surface area (Å²) in [6.45, 7) is 2.76. The molecular formula is C20H18BrN3O. The Morgan fingerprint density at radius 3 is 2.68 bits per heavy atom. The Kier molecular flexibility index (Phi) is 5.46. The number of hydrogen-bond donors (Lipinski definition) is 2. The molecule has 0 radical (unpaired) electrons. The summed E-state index contributed by atoms with van der Waals surface area (Å²) < 4.78 is 0.909. The lowest BCUT2D eigenvalue weighted by Gasteiger charge is -2.09. The number of anilines is 2. The van der Waals surface area contributed by atoms with Crippen LogP contribution in [0.5, 0.6) is 0 Å². The van der Waals surface area contributed by atoms with E-state index in [-0.39, 0.29) is 5.91 Å². The van der Waals surface area contributed by atoms with Crippen molar-refractivity contribution in [1.82, 2.24) is 4.98 Å². The number of pyridine rings is 1. The van der Waals surface area contributed by atoms with Gasteiger partial charge in [-0.15, -0.1) is 0 Å². The van der Waals surface area contributed by atoms with Gasteiger partial charge < -0.3 is 10.6 Å². The van der Waals surface area contributed by atoms with E-state index in [4.69, 9.17) is 0 Å². The first kappa shape index (κ1) is 17.2. The van der Waals surface area contributed by atoms with Crippen molar-refractivity contribution in [2.45, 2.75) is 13.5 Å². The van der Waals surface area contributed by atoms with Crippen LogP contribution in [0, 0.1) is 6.92 Å². The number of nitrogens with zero attached hydrogens (tertiary/aromatic N) is 1. The van der Waals surface area contributed by atoms with Crippen LogP contribution in [-0.4, -0.2) is 10.9 Å². The summed E-state index contributed by atoms with van der Waals surface area (Å²) in [5.41, 5.74) is 4.37. The lowest BCUT2D eigenvalue weighted by Crippen LogP contribution is -2.14. The molecular weight excluding hydrogens is 378 g/mol. The number of carbonyl (C=O) groups is 1. The predicted molar refractivity (Wildman–Crippen MR) is 105 cm³/mol. The predicted octanol–water partition coefficient (Wildman–Crippen LogP) is 5.02. The number of aromatic nitrogens is 1. The monoisotopic (exact) mass is 395 g/mol. The van der Waals surface area contributed by atoms with Crippen molar-refractivity contribution >= 4 is 33.2 Å². The van der Waals surface area contributed by atoms with E-state index in [0.717, 1.165) is 15.8 Å². The molecule has 1 amide bonds. The molecule has 0 aliphatic rings. The van der Waals surface area contributed by atoms with Crippen LogP contribution in [0.25, 0.3) is 0 Å². The summed E-state index contributed by atoms with van der Waals surface area (Å²) in [5, 5.41) is 6.18. The average molecular weight is 396 g/mol. The van der Waals surface area contributed by atoms with Gasteiger partial charge in [0, 0.05) is 28.6 Å². The minimum Gasteiger partial charge on any atom is -0.381 e. The number of rotatable bonds is 5. The summed E-state index contributed by atoms with van der Waals surface area (Å²) in [6, 6.07) is 19.4. The van der Waals surface area contributed by atoms with Crippen LogP contribution in [0.2, 0.25) is 0 Å². The maximum Gasteiger partial charge on any atom is 0.274 e. The number of carbonyl (C=O) groups excluding carboxylic acids is 1. The van der Waals surface area contributed by atoms with E-state index in [1.807, 2.05) is 36.4 Å². The fourth-order valence-corrected chi connectivity index (χ4v) is 2.85. The van der Waals surface area contributed by atoms with Gasteiger partial charge in [-0.1, -0.05) is 51.8 Å². The zero-order valence-electron chi connectivity index (χ0n) is 13.8. The lowest BCUT2D eigenvalue weighted by atomic mass is 10.1. The highest BCUT2D eigenvalue weighted by molar-refractivity contribution is 9.10. The highest BCUT2D eigenvalue weighted by Gasteiger charge is 2.09. The molecule has 0 spiro atoms. The quantitative estimate of drug-likeness (QED) is 0.637. The second-order valence-corrected chi connectivity index (χ2v) is 6.65. The van der Waals surface area contributed by atoms with Crippen molar-refractivity contribution in [3.63, 3.8) is 0 Å². The third-order valence-corrected chi connectivity index (χ3v) is 4.15. The minimum absolute atomic E-state index is 0.239. The second-order valence-electron chi connectivity index (χ2n) is 5.74. The molecule has 4 nitrogen and oxygen atoms in total. The highest BCUT2D eigenvalue weighted by atomic mass is 79.9. The minimum atomic E-state index is -0.239. The van der Waals surface area contributed by atoms with Crippen LogP contribution < -0.4 is 10.6 Å². The van der Waals surface area contributed by atoms with Gasteiger partial charge >= 0.3 is 0 Å². The van der Waals surface area contributed by atoms with Crippen LogP contribution in [0.15, 0.2) is 71.3 Å². The van der Waals surface area contributed by atoms with Crippen LogP contribution in [0.4, 0.5) is 11.4 Å². The van der Waals surface area contributed by atoms with Gasteiger partial charge in [-0.25, -0.2) is 0 Å². The van der Waals surface area contributed by atoms with Gasteiger partial charge in [-0.2, -0.15) is 0 Å². The summed E-state index contributed by atoms with van der Waals surface area (Å²) in [7, 11) is 0. The summed E-state index contributed by atoms with van der Waals surface area (Å²) >= 11 is 3.39. The maximum atomic E-state index is 12.4. The van der Waals surface area contributed by atoms with Gasteiger partial charge in [0.15, 0.2) is 0 Å². The van der Waals surface area contributed by atoms with Gasteiger partial charge in [-0.3, -0.25) is 9.78 Å². The molecule has 0 unspecified atom stereocenters. The zero-order valence-corrected chi connectivity index (χ0v) is 15.4. The Hall–Kier alpha value is -2.66. The molecule has 2 N–H and O–H groups in total. The van der Waals surface area contributed by atoms with Gasteiger partial charge in [0.2, 0.25) is 0 Å². The molecule has 25 heavy (non-hydrogen) atoms. The molecule has 3 aromatic rings. The molecule has 5 heteroatoms. The number of benzene rings is 2. The van der Waals surface area contributed by atoms with Crippen LogP contribution in [-0.2, 0) is 6.54 Å². The van der Waals surface area contributed by atoms with E-state index in [0.29, 0.717) is 12.2 Å². The molecule has 0 bridgehead atoms. The molecule has 1 aromatic heterocycles. The average Bonchev–Trinajstić information content (AvgIpc) is 2.60. The number of aryl methyl sites for hydroxylation is 1. The van der Waals surface area contributed by atoms with Gasteiger partial charge in [0.1, 0.15) is 5.69 Å². The summed E-state index contributed by atoms with van der Waals surface area (Å²) in [4.78, 5) is 16.5. The zero-order chi connectivity index (χ0) is 17.6. The van der Waals surface area contributed by atoms with Gasteiger partial charge in [0.25, 0.3) is 5.91 Å². The molecule has 2 aromatic carbocycles. The number of halogens is 1.